The third-order valence-corrected chi connectivity index (χ3v) is 3.43. The molecule has 0 aliphatic heterocycles. The van der Waals surface area contributed by atoms with Gasteiger partial charge in [-0.1, -0.05) is 38.3 Å². The standard InChI is InChI=1S/C13H16NS/c1-2-3-4-5-7-11-8-6-9-12-13(11)14-10-15-12/h6,8-10H,1-5,7H2. The van der Waals surface area contributed by atoms with Crippen molar-refractivity contribution in [1.82, 2.24) is 4.98 Å². The second kappa shape index (κ2) is 5.26. The van der Waals surface area contributed by atoms with Gasteiger partial charge in [-0.15, -0.1) is 11.3 Å². The molecule has 0 aliphatic carbocycles. The molecular formula is C13H16NS. The first kappa shape index (κ1) is 10.6. The van der Waals surface area contributed by atoms with Gasteiger partial charge < -0.3 is 0 Å². The van der Waals surface area contributed by atoms with E-state index in [4.69, 9.17) is 0 Å². The molecule has 0 aliphatic rings. The highest BCUT2D eigenvalue weighted by Gasteiger charge is 2.02. The molecule has 0 saturated heterocycles. The number of rotatable bonds is 5. The topological polar surface area (TPSA) is 12.9 Å². The number of thiazole rings is 1. The van der Waals surface area contributed by atoms with Crippen molar-refractivity contribution in [3.05, 3.63) is 36.2 Å². The number of para-hydroxylation sites is 1. The van der Waals surface area contributed by atoms with E-state index in [1.807, 2.05) is 5.51 Å². The predicted octanol–water partition coefficient (Wildman–Crippen LogP) is 4.23. The highest BCUT2D eigenvalue weighted by Crippen LogP contribution is 2.22. The Balaban J connectivity index is 2.04. The van der Waals surface area contributed by atoms with E-state index in [9.17, 15) is 0 Å². The minimum Gasteiger partial charge on any atom is -0.244 e. The largest absolute Gasteiger partial charge is 0.244 e. The van der Waals surface area contributed by atoms with Crippen LogP contribution in [0.3, 0.4) is 0 Å². The maximum atomic E-state index is 4.42. The van der Waals surface area contributed by atoms with Crippen LogP contribution in [0.25, 0.3) is 10.2 Å². The minimum absolute atomic E-state index is 1.06. The van der Waals surface area contributed by atoms with Gasteiger partial charge in [-0.2, -0.15) is 0 Å². The van der Waals surface area contributed by atoms with Crippen LogP contribution >= 0.6 is 11.3 Å². The van der Waals surface area contributed by atoms with Crippen LogP contribution < -0.4 is 0 Å². The lowest BCUT2D eigenvalue weighted by Crippen LogP contribution is -1.87. The number of hydrogen-bond acceptors (Lipinski definition) is 2. The van der Waals surface area contributed by atoms with Gasteiger partial charge in [0.15, 0.2) is 0 Å². The fourth-order valence-electron chi connectivity index (χ4n) is 1.82. The summed E-state index contributed by atoms with van der Waals surface area (Å²) >= 11 is 1.72. The van der Waals surface area contributed by atoms with Crippen LogP contribution in [0.1, 0.15) is 31.2 Å². The van der Waals surface area contributed by atoms with Crippen LogP contribution in [0.15, 0.2) is 23.7 Å². The van der Waals surface area contributed by atoms with Crippen molar-refractivity contribution in [3.8, 4) is 0 Å². The van der Waals surface area contributed by atoms with Gasteiger partial charge in [0, 0.05) is 0 Å². The summed E-state index contributed by atoms with van der Waals surface area (Å²) in [5.74, 6) is 0. The first-order valence-corrected chi connectivity index (χ1v) is 6.40. The molecule has 0 saturated carbocycles. The molecule has 0 fully saturated rings. The zero-order valence-electron chi connectivity index (χ0n) is 8.91. The molecule has 0 spiro atoms. The van der Waals surface area contributed by atoms with Gasteiger partial charge in [0.05, 0.1) is 15.7 Å². The predicted molar refractivity (Wildman–Crippen MR) is 67.1 cm³/mol. The Morgan fingerprint density at radius 2 is 2.13 bits per heavy atom. The van der Waals surface area contributed by atoms with Crippen molar-refractivity contribution in [2.24, 2.45) is 0 Å². The number of fused-ring (bicyclic) bond motifs is 1. The monoisotopic (exact) mass is 218 g/mol. The Bertz CT molecular complexity index is 419. The Morgan fingerprint density at radius 3 is 3.00 bits per heavy atom. The molecule has 2 rings (SSSR count). The van der Waals surface area contributed by atoms with E-state index in [2.05, 4.69) is 30.1 Å². The van der Waals surface area contributed by atoms with Gasteiger partial charge in [-0.05, 0) is 24.5 Å². The first-order valence-electron chi connectivity index (χ1n) is 5.52. The zero-order chi connectivity index (χ0) is 10.5. The first-order chi connectivity index (χ1) is 7.42. The number of nitrogens with zero attached hydrogens (tertiary/aromatic N) is 1. The summed E-state index contributed by atoms with van der Waals surface area (Å²) in [6, 6.07) is 6.48. The van der Waals surface area contributed by atoms with Gasteiger partial charge >= 0.3 is 0 Å². The summed E-state index contributed by atoms with van der Waals surface area (Å²) in [5.41, 5.74) is 4.54. The number of unbranched alkanes of at least 4 members (excludes halogenated alkanes) is 3. The van der Waals surface area contributed by atoms with Crippen LogP contribution in [0.4, 0.5) is 0 Å². The number of benzene rings is 1. The molecule has 0 bridgehead atoms. The summed E-state index contributed by atoms with van der Waals surface area (Å²) in [4.78, 5) is 4.42. The molecule has 0 N–H and O–H groups in total. The molecule has 1 aromatic heterocycles. The average molecular weight is 218 g/mol. The second-order valence-electron chi connectivity index (χ2n) is 3.78. The summed E-state index contributed by atoms with van der Waals surface area (Å²) in [6.07, 6.45) is 5.99. The fraction of sp³-hybridized carbons (Fsp3) is 0.385. The molecule has 0 unspecified atom stereocenters. The van der Waals surface area contributed by atoms with E-state index in [1.165, 1.54) is 35.0 Å². The van der Waals surface area contributed by atoms with Crippen LogP contribution in [0.2, 0.25) is 0 Å². The number of aryl methyl sites for hydroxylation is 1. The van der Waals surface area contributed by atoms with Gasteiger partial charge in [0.2, 0.25) is 0 Å². The quantitative estimate of drug-likeness (QED) is 0.684. The molecule has 79 valence electrons. The van der Waals surface area contributed by atoms with Crippen LogP contribution in [-0.2, 0) is 6.42 Å². The number of aromatic nitrogens is 1. The Kier molecular flexibility index (Phi) is 3.73. The van der Waals surface area contributed by atoms with Crippen LogP contribution in [0.5, 0.6) is 0 Å². The molecule has 1 nitrogen and oxygen atoms in total. The zero-order valence-corrected chi connectivity index (χ0v) is 9.72. The molecule has 1 aromatic carbocycles. The molecule has 1 radical (unpaired) electrons. The lowest BCUT2D eigenvalue weighted by molar-refractivity contribution is 0.687. The fourth-order valence-corrected chi connectivity index (χ4v) is 2.54. The maximum Gasteiger partial charge on any atom is 0.0843 e. The molecular weight excluding hydrogens is 202 g/mol. The van der Waals surface area contributed by atoms with E-state index in [0.29, 0.717) is 0 Å². The lowest BCUT2D eigenvalue weighted by Gasteiger charge is -2.01. The molecule has 0 amide bonds. The summed E-state index contributed by atoms with van der Waals surface area (Å²) in [5, 5.41) is 0. The van der Waals surface area contributed by atoms with Crippen molar-refractivity contribution in [1.29, 1.82) is 0 Å². The van der Waals surface area contributed by atoms with Gasteiger partial charge in [0.1, 0.15) is 0 Å². The van der Waals surface area contributed by atoms with E-state index < -0.39 is 0 Å². The van der Waals surface area contributed by atoms with E-state index in [1.54, 1.807) is 11.3 Å². The SMILES string of the molecule is [CH2]CCCCCc1cccc2scnc12. The molecule has 15 heavy (non-hydrogen) atoms. The Labute approximate surface area is 95.2 Å². The number of hydrogen-bond donors (Lipinski definition) is 0. The maximum absolute atomic E-state index is 4.42. The molecule has 2 aromatic rings. The Hall–Kier alpha value is -0.890. The summed E-state index contributed by atoms with van der Waals surface area (Å²) in [7, 11) is 0. The van der Waals surface area contributed by atoms with Crippen molar-refractivity contribution >= 4 is 21.6 Å². The molecule has 2 heteroatoms. The van der Waals surface area contributed by atoms with Crippen LogP contribution in [-0.4, -0.2) is 4.98 Å². The summed E-state index contributed by atoms with van der Waals surface area (Å²) < 4.78 is 1.31. The second-order valence-corrected chi connectivity index (χ2v) is 4.67. The van der Waals surface area contributed by atoms with E-state index >= 15 is 0 Å². The highest BCUT2D eigenvalue weighted by molar-refractivity contribution is 7.16. The molecule has 0 atom stereocenters. The van der Waals surface area contributed by atoms with Crippen LogP contribution in [0, 0.1) is 6.92 Å². The van der Waals surface area contributed by atoms with E-state index in [-0.39, 0.29) is 0 Å². The van der Waals surface area contributed by atoms with Gasteiger partial charge in [-0.25, -0.2) is 4.98 Å². The van der Waals surface area contributed by atoms with Crippen molar-refractivity contribution in [2.75, 3.05) is 0 Å². The van der Waals surface area contributed by atoms with Gasteiger partial charge in [0.25, 0.3) is 0 Å². The van der Waals surface area contributed by atoms with Crippen molar-refractivity contribution in [3.63, 3.8) is 0 Å². The third-order valence-electron chi connectivity index (χ3n) is 2.64. The third kappa shape index (κ3) is 2.57. The Morgan fingerprint density at radius 1 is 1.20 bits per heavy atom. The summed E-state index contributed by atoms with van der Waals surface area (Å²) in [6.45, 7) is 3.86. The van der Waals surface area contributed by atoms with Crippen molar-refractivity contribution < 1.29 is 0 Å². The molecule has 1 heterocycles. The normalized spacial score (nSPS) is 11.0. The van der Waals surface area contributed by atoms with Crippen molar-refractivity contribution in [2.45, 2.75) is 32.1 Å². The minimum atomic E-state index is 1.06. The van der Waals surface area contributed by atoms with E-state index in [0.717, 1.165) is 12.8 Å². The van der Waals surface area contributed by atoms with Gasteiger partial charge in [-0.3, -0.25) is 0 Å². The highest BCUT2D eigenvalue weighted by atomic mass is 32.1. The lowest BCUT2D eigenvalue weighted by atomic mass is 10.1. The smallest absolute Gasteiger partial charge is 0.0843 e. The average Bonchev–Trinajstić information content (AvgIpc) is 2.73.